The van der Waals surface area contributed by atoms with Gasteiger partial charge in [0.15, 0.2) is 5.96 Å². The van der Waals surface area contributed by atoms with Crippen molar-refractivity contribution in [3.8, 4) is 0 Å². The molecule has 1 N–H and O–H groups in total. The molecular weight excluding hydrogens is 384 g/mol. The van der Waals surface area contributed by atoms with Crippen LogP contribution >= 0.6 is 11.3 Å². The summed E-state index contributed by atoms with van der Waals surface area (Å²) >= 11 is 1.29. The number of aliphatic imine (C=N–C) groups is 1. The Labute approximate surface area is 166 Å². The maximum Gasteiger partial charge on any atom is 0.252 e. The van der Waals surface area contributed by atoms with Crippen molar-refractivity contribution in [1.29, 1.82) is 0 Å². The molecular formula is C18H30N4O3S2. The summed E-state index contributed by atoms with van der Waals surface area (Å²) in [5.74, 6) is 0.826. The topological polar surface area (TPSA) is 74.2 Å². The highest BCUT2D eigenvalue weighted by molar-refractivity contribution is 7.91. The van der Waals surface area contributed by atoms with Gasteiger partial charge in [-0.05, 0) is 31.9 Å². The molecule has 0 unspecified atom stereocenters. The fourth-order valence-electron chi connectivity index (χ4n) is 2.70. The van der Waals surface area contributed by atoms with E-state index in [1.165, 1.54) is 15.6 Å². The highest BCUT2D eigenvalue weighted by Gasteiger charge is 2.27. The summed E-state index contributed by atoms with van der Waals surface area (Å²) in [6, 6.07) is 3.53. The Kier molecular flexibility index (Phi) is 8.75. The van der Waals surface area contributed by atoms with Gasteiger partial charge in [0.25, 0.3) is 10.0 Å². The molecule has 1 aliphatic rings. The van der Waals surface area contributed by atoms with Crippen molar-refractivity contribution < 1.29 is 13.2 Å². The van der Waals surface area contributed by atoms with E-state index in [9.17, 15) is 8.42 Å². The lowest BCUT2D eigenvalue weighted by Gasteiger charge is -2.25. The van der Waals surface area contributed by atoms with Gasteiger partial charge in [0.1, 0.15) is 4.21 Å². The van der Waals surface area contributed by atoms with E-state index in [2.05, 4.69) is 21.8 Å². The van der Waals surface area contributed by atoms with Gasteiger partial charge in [-0.3, -0.25) is 0 Å². The van der Waals surface area contributed by atoms with Crippen molar-refractivity contribution in [2.24, 2.45) is 4.99 Å². The second-order valence-corrected chi connectivity index (χ2v) is 9.59. The number of guanidine groups is 1. The molecule has 9 heteroatoms. The van der Waals surface area contributed by atoms with Gasteiger partial charge >= 0.3 is 0 Å². The molecule has 27 heavy (non-hydrogen) atoms. The first-order valence-electron chi connectivity index (χ1n) is 9.26. The standard InChI is InChI=1S/C18H30N4O3S2/c1-4-6-7-10-21(3)18(19-5-2)20-15-16-8-9-17(26-16)27(23,24)22-11-13-25-14-12-22/h4,8-9H,1,5-7,10-15H2,2-3H3,(H,19,20). The summed E-state index contributed by atoms with van der Waals surface area (Å²) < 4.78 is 32.5. The summed E-state index contributed by atoms with van der Waals surface area (Å²) in [6.07, 6.45) is 3.91. The van der Waals surface area contributed by atoms with E-state index >= 15 is 0 Å². The van der Waals surface area contributed by atoms with Gasteiger partial charge in [-0.2, -0.15) is 4.31 Å². The number of ether oxygens (including phenoxy) is 1. The normalized spacial score (nSPS) is 16.3. The van der Waals surface area contributed by atoms with Crippen molar-refractivity contribution in [2.45, 2.75) is 30.5 Å². The molecule has 1 aromatic heterocycles. The quantitative estimate of drug-likeness (QED) is 0.290. The zero-order valence-electron chi connectivity index (χ0n) is 16.2. The monoisotopic (exact) mass is 414 g/mol. The van der Waals surface area contributed by atoms with E-state index in [0.717, 1.165) is 36.8 Å². The first-order chi connectivity index (χ1) is 13.0. The van der Waals surface area contributed by atoms with E-state index in [0.29, 0.717) is 37.1 Å². The number of hydrogen-bond acceptors (Lipinski definition) is 5. The van der Waals surface area contributed by atoms with Gasteiger partial charge in [0, 0.05) is 38.1 Å². The van der Waals surface area contributed by atoms with Crippen molar-refractivity contribution in [2.75, 3.05) is 46.4 Å². The van der Waals surface area contributed by atoms with Crippen LogP contribution in [0.15, 0.2) is 34.0 Å². The Hall–Kier alpha value is -1.42. The zero-order chi connectivity index (χ0) is 19.7. The lowest BCUT2D eigenvalue weighted by Crippen LogP contribution is -2.40. The molecule has 0 spiro atoms. The van der Waals surface area contributed by atoms with Crippen LogP contribution in [0.5, 0.6) is 0 Å². The van der Waals surface area contributed by atoms with Crippen LogP contribution in [0.4, 0.5) is 0 Å². The fourth-order valence-corrected chi connectivity index (χ4v) is 5.54. The van der Waals surface area contributed by atoms with Gasteiger partial charge < -0.3 is 15.0 Å². The fraction of sp³-hybridized carbons (Fsp3) is 0.611. The Morgan fingerprint density at radius 3 is 2.85 bits per heavy atom. The summed E-state index contributed by atoms with van der Waals surface area (Å²) in [5.41, 5.74) is 0. The number of hydrogen-bond donors (Lipinski definition) is 1. The molecule has 0 aliphatic carbocycles. The second-order valence-electron chi connectivity index (χ2n) is 6.26. The number of allylic oxidation sites excluding steroid dienone is 1. The summed E-state index contributed by atoms with van der Waals surface area (Å²) in [7, 11) is -1.43. The molecule has 0 saturated carbocycles. The third-order valence-corrected chi connectivity index (χ3v) is 7.62. The number of nitrogens with zero attached hydrogens (tertiary/aromatic N) is 3. The van der Waals surface area contributed by atoms with Crippen LogP contribution in [0.1, 0.15) is 24.6 Å². The average molecular weight is 415 g/mol. The first-order valence-corrected chi connectivity index (χ1v) is 11.5. The van der Waals surface area contributed by atoms with Crippen molar-refractivity contribution in [3.05, 3.63) is 29.7 Å². The molecule has 0 aromatic carbocycles. The first kappa shape index (κ1) is 21.9. The minimum Gasteiger partial charge on any atom is -0.379 e. The molecule has 2 rings (SSSR count). The minimum absolute atomic E-state index is 0.374. The van der Waals surface area contributed by atoms with E-state index in [-0.39, 0.29) is 0 Å². The molecule has 0 bridgehead atoms. The Bertz CT molecular complexity index is 725. The highest BCUT2D eigenvalue weighted by Crippen LogP contribution is 2.26. The van der Waals surface area contributed by atoms with Crippen molar-refractivity contribution >= 4 is 27.3 Å². The minimum atomic E-state index is -3.43. The lowest BCUT2D eigenvalue weighted by atomic mass is 10.3. The predicted octanol–water partition coefficient (Wildman–Crippen LogP) is 2.13. The molecule has 1 aromatic rings. The SMILES string of the molecule is C=CCCCN(C)C(=NCc1ccc(S(=O)(=O)N2CCOCC2)s1)NCC. The van der Waals surface area contributed by atoms with Crippen LogP contribution < -0.4 is 5.32 Å². The number of sulfonamides is 1. The summed E-state index contributed by atoms with van der Waals surface area (Å²) in [6.45, 7) is 9.63. The average Bonchev–Trinajstić information content (AvgIpc) is 3.16. The smallest absolute Gasteiger partial charge is 0.252 e. The van der Waals surface area contributed by atoms with Gasteiger partial charge in [0.2, 0.25) is 0 Å². The van der Waals surface area contributed by atoms with Crippen LogP contribution in [0.2, 0.25) is 0 Å². The summed E-state index contributed by atoms with van der Waals surface area (Å²) in [5, 5.41) is 3.28. The highest BCUT2D eigenvalue weighted by atomic mass is 32.2. The van der Waals surface area contributed by atoms with Gasteiger partial charge in [-0.25, -0.2) is 13.4 Å². The van der Waals surface area contributed by atoms with E-state index in [4.69, 9.17) is 4.74 Å². The zero-order valence-corrected chi connectivity index (χ0v) is 17.8. The maximum absolute atomic E-state index is 12.7. The van der Waals surface area contributed by atoms with Crippen molar-refractivity contribution in [3.63, 3.8) is 0 Å². The lowest BCUT2D eigenvalue weighted by molar-refractivity contribution is 0.0731. The van der Waals surface area contributed by atoms with Crippen molar-refractivity contribution in [1.82, 2.24) is 14.5 Å². The molecule has 2 heterocycles. The maximum atomic E-state index is 12.7. The second kappa shape index (κ2) is 10.8. The molecule has 0 atom stereocenters. The third kappa shape index (κ3) is 6.31. The molecule has 0 amide bonds. The molecule has 1 saturated heterocycles. The number of unbranched alkanes of at least 4 members (excludes halogenated alkanes) is 1. The molecule has 152 valence electrons. The Morgan fingerprint density at radius 1 is 1.44 bits per heavy atom. The number of morpholine rings is 1. The predicted molar refractivity (Wildman–Crippen MR) is 111 cm³/mol. The number of rotatable bonds is 9. The van der Waals surface area contributed by atoms with E-state index in [1.807, 2.05) is 26.1 Å². The number of nitrogens with one attached hydrogen (secondary N) is 1. The number of thiophene rings is 1. The van der Waals surface area contributed by atoms with Crippen LogP contribution in [0, 0.1) is 0 Å². The van der Waals surface area contributed by atoms with Gasteiger partial charge in [-0.15, -0.1) is 17.9 Å². The Morgan fingerprint density at radius 2 is 2.19 bits per heavy atom. The molecule has 1 fully saturated rings. The van der Waals surface area contributed by atoms with Crippen LogP contribution in [0.3, 0.4) is 0 Å². The third-order valence-electron chi connectivity index (χ3n) is 4.18. The van der Waals surface area contributed by atoms with E-state index < -0.39 is 10.0 Å². The van der Waals surface area contributed by atoms with Crippen LogP contribution in [0.25, 0.3) is 0 Å². The van der Waals surface area contributed by atoms with Crippen LogP contribution in [-0.2, 0) is 21.3 Å². The molecule has 7 nitrogen and oxygen atoms in total. The van der Waals surface area contributed by atoms with E-state index in [1.54, 1.807) is 6.07 Å². The van der Waals surface area contributed by atoms with Gasteiger partial charge in [0.05, 0.1) is 19.8 Å². The van der Waals surface area contributed by atoms with Gasteiger partial charge in [-0.1, -0.05) is 6.08 Å². The Balaban J connectivity index is 2.03. The van der Waals surface area contributed by atoms with Crippen LogP contribution in [-0.4, -0.2) is 70.0 Å². The largest absolute Gasteiger partial charge is 0.379 e. The molecule has 1 aliphatic heterocycles. The molecule has 0 radical (unpaired) electrons. The summed E-state index contributed by atoms with van der Waals surface area (Å²) in [4.78, 5) is 7.67.